The van der Waals surface area contributed by atoms with E-state index in [1.165, 1.54) is 0 Å². The van der Waals surface area contributed by atoms with Crippen LogP contribution in [0, 0.1) is 0 Å². The molecule has 0 atom stereocenters. The number of halogens is 2. The SMILES string of the molecule is COc1cccc(O)c1.COc1cccc(O)c1.[Cl-].[Cl-].[Zr+2]. The van der Waals surface area contributed by atoms with Crippen molar-refractivity contribution in [2.45, 2.75) is 0 Å². The number of phenols is 2. The number of hydrogen-bond donors (Lipinski definition) is 2. The molecule has 0 amide bonds. The van der Waals surface area contributed by atoms with Gasteiger partial charge in [-0.1, -0.05) is 12.1 Å². The van der Waals surface area contributed by atoms with Crippen molar-refractivity contribution in [1.29, 1.82) is 0 Å². The van der Waals surface area contributed by atoms with Crippen molar-refractivity contribution in [3.63, 3.8) is 0 Å². The molecule has 0 aliphatic rings. The number of ether oxygens (including phenoxy) is 2. The molecule has 0 aliphatic heterocycles. The molecule has 0 aromatic heterocycles. The molecule has 2 aromatic rings. The Bertz CT molecular complexity index is 452. The van der Waals surface area contributed by atoms with E-state index in [0.717, 1.165) is 0 Å². The number of phenolic OH excluding ortho intramolecular Hbond substituents is 2. The second-order valence-electron chi connectivity index (χ2n) is 3.40. The van der Waals surface area contributed by atoms with Crippen molar-refractivity contribution < 1.29 is 70.7 Å². The van der Waals surface area contributed by atoms with E-state index in [0.29, 0.717) is 11.5 Å². The van der Waals surface area contributed by atoms with Gasteiger partial charge in [-0.25, -0.2) is 0 Å². The molecule has 7 heteroatoms. The fraction of sp³-hybridized carbons (Fsp3) is 0.143. The summed E-state index contributed by atoms with van der Waals surface area (Å²) in [5.74, 6) is 1.81. The maximum absolute atomic E-state index is 8.86. The molecule has 2 aromatic carbocycles. The fourth-order valence-corrected chi connectivity index (χ4v) is 1.22. The smallest absolute Gasteiger partial charge is 1.00 e. The second kappa shape index (κ2) is 14.1. The minimum atomic E-state index is 0. The van der Waals surface area contributed by atoms with E-state index < -0.39 is 0 Å². The van der Waals surface area contributed by atoms with Crippen LogP contribution in [-0.4, -0.2) is 24.4 Å². The van der Waals surface area contributed by atoms with Crippen molar-refractivity contribution in [1.82, 2.24) is 0 Å². The minimum Gasteiger partial charge on any atom is -1.00 e. The van der Waals surface area contributed by atoms with Crippen LogP contribution in [-0.2, 0) is 26.2 Å². The minimum absolute atomic E-state index is 0. The molecule has 0 radical (unpaired) electrons. The van der Waals surface area contributed by atoms with Crippen molar-refractivity contribution in [2.24, 2.45) is 0 Å². The first kappa shape index (κ1) is 25.1. The molecule has 0 saturated carbocycles. The topological polar surface area (TPSA) is 58.9 Å². The Morgan fingerprint density at radius 3 is 1.24 bits per heavy atom. The van der Waals surface area contributed by atoms with Gasteiger partial charge < -0.3 is 44.5 Å². The van der Waals surface area contributed by atoms with Crippen LogP contribution in [0.25, 0.3) is 0 Å². The zero-order valence-corrected chi connectivity index (χ0v) is 15.6. The van der Waals surface area contributed by atoms with Gasteiger partial charge in [-0.3, -0.25) is 0 Å². The third-order valence-corrected chi connectivity index (χ3v) is 2.11. The molecule has 2 N–H and O–H groups in total. The van der Waals surface area contributed by atoms with Crippen molar-refractivity contribution in [3.05, 3.63) is 48.5 Å². The monoisotopic (exact) mass is 408 g/mol. The van der Waals surface area contributed by atoms with Crippen LogP contribution in [0.3, 0.4) is 0 Å². The predicted octanol–water partition coefficient (Wildman–Crippen LogP) is -3.19. The van der Waals surface area contributed by atoms with Crippen LogP contribution >= 0.6 is 0 Å². The van der Waals surface area contributed by atoms with Crippen LogP contribution in [0.4, 0.5) is 0 Å². The van der Waals surface area contributed by atoms with Gasteiger partial charge in [-0.05, 0) is 24.3 Å². The van der Waals surface area contributed by atoms with Gasteiger partial charge in [0.25, 0.3) is 0 Å². The largest absolute Gasteiger partial charge is 2.00 e. The van der Waals surface area contributed by atoms with Crippen molar-refractivity contribution in [3.8, 4) is 23.0 Å². The normalized spacial score (nSPS) is 7.71. The van der Waals surface area contributed by atoms with Gasteiger partial charge >= 0.3 is 26.2 Å². The first-order chi connectivity index (χ1) is 8.65. The Morgan fingerprint density at radius 2 is 1.05 bits per heavy atom. The van der Waals surface area contributed by atoms with E-state index >= 15 is 0 Å². The van der Waals surface area contributed by atoms with Gasteiger partial charge in [-0.2, -0.15) is 0 Å². The maximum atomic E-state index is 8.86. The number of benzene rings is 2. The third kappa shape index (κ3) is 10.5. The van der Waals surface area contributed by atoms with E-state index in [2.05, 4.69) is 0 Å². The molecule has 4 nitrogen and oxygen atoms in total. The Hall–Kier alpha value is -0.897. The Labute approximate surface area is 156 Å². The Kier molecular flexibility index (Phi) is 16.8. The molecule has 0 bridgehead atoms. The predicted molar refractivity (Wildman–Crippen MR) is 69.3 cm³/mol. The Morgan fingerprint density at radius 1 is 0.714 bits per heavy atom. The summed E-state index contributed by atoms with van der Waals surface area (Å²) in [4.78, 5) is 0. The van der Waals surface area contributed by atoms with Gasteiger partial charge in [0.2, 0.25) is 0 Å². The average molecular weight is 410 g/mol. The number of methoxy groups -OCH3 is 2. The molecule has 21 heavy (non-hydrogen) atoms. The summed E-state index contributed by atoms with van der Waals surface area (Å²) in [6.45, 7) is 0. The van der Waals surface area contributed by atoms with Gasteiger partial charge in [0.05, 0.1) is 14.2 Å². The maximum Gasteiger partial charge on any atom is 2.00 e. The summed E-state index contributed by atoms with van der Waals surface area (Å²) < 4.78 is 9.67. The third-order valence-electron chi connectivity index (χ3n) is 2.11. The number of rotatable bonds is 2. The van der Waals surface area contributed by atoms with Gasteiger partial charge in [-0.15, -0.1) is 0 Å². The molecule has 0 saturated heterocycles. The molecule has 0 unspecified atom stereocenters. The molecule has 2 rings (SSSR count). The summed E-state index contributed by atoms with van der Waals surface area (Å²) in [5, 5.41) is 17.7. The van der Waals surface area contributed by atoms with Gasteiger partial charge in [0.1, 0.15) is 23.0 Å². The molecule has 114 valence electrons. The van der Waals surface area contributed by atoms with Crippen LogP contribution in [0.1, 0.15) is 0 Å². The van der Waals surface area contributed by atoms with Crippen molar-refractivity contribution >= 4 is 0 Å². The quantitative estimate of drug-likeness (QED) is 0.548. The van der Waals surface area contributed by atoms with Gasteiger partial charge in [0, 0.05) is 12.1 Å². The first-order valence-electron chi connectivity index (χ1n) is 5.31. The van der Waals surface area contributed by atoms with E-state index in [-0.39, 0.29) is 62.5 Å². The van der Waals surface area contributed by atoms with Crippen LogP contribution < -0.4 is 34.3 Å². The van der Waals surface area contributed by atoms with Crippen LogP contribution in [0.15, 0.2) is 48.5 Å². The second-order valence-corrected chi connectivity index (χ2v) is 3.40. The summed E-state index contributed by atoms with van der Waals surface area (Å²) in [5.41, 5.74) is 0. The first-order valence-corrected chi connectivity index (χ1v) is 5.31. The molecule has 0 spiro atoms. The number of aromatic hydroxyl groups is 2. The molecular weight excluding hydrogens is 394 g/mol. The molecule has 0 heterocycles. The van der Waals surface area contributed by atoms with E-state index in [1.807, 2.05) is 0 Å². The van der Waals surface area contributed by atoms with E-state index in [4.69, 9.17) is 19.7 Å². The summed E-state index contributed by atoms with van der Waals surface area (Å²) in [6, 6.07) is 13.3. The summed E-state index contributed by atoms with van der Waals surface area (Å²) >= 11 is 0. The van der Waals surface area contributed by atoms with E-state index in [9.17, 15) is 0 Å². The zero-order valence-electron chi connectivity index (χ0n) is 11.6. The van der Waals surface area contributed by atoms with E-state index in [1.54, 1.807) is 62.8 Å². The number of hydrogen-bond acceptors (Lipinski definition) is 4. The summed E-state index contributed by atoms with van der Waals surface area (Å²) in [7, 11) is 3.13. The van der Waals surface area contributed by atoms with Crippen LogP contribution in [0.2, 0.25) is 0 Å². The Balaban J connectivity index is -0.000000270. The standard InChI is InChI=1S/2C7H8O2.2ClH.Zr/c2*1-9-7-4-2-3-6(8)5-7;;;/h2*2-5,8H,1H3;2*1H;/q;;;;+2/p-2. The summed E-state index contributed by atoms with van der Waals surface area (Å²) in [6.07, 6.45) is 0. The van der Waals surface area contributed by atoms with Crippen molar-refractivity contribution in [2.75, 3.05) is 14.2 Å². The molecule has 0 aliphatic carbocycles. The average Bonchev–Trinajstić information content (AvgIpc) is 2.39. The fourth-order valence-electron chi connectivity index (χ4n) is 1.22. The van der Waals surface area contributed by atoms with Gasteiger partial charge in [0.15, 0.2) is 0 Å². The zero-order chi connectivity index (χ0) is 13.4. The molecular formula is C14H16Cl2O4Zr. The molecule has 0 fully saturated rings. The van der Waals surface area contributed by atoms with Crippen LogP contribution in [0.5, 0.6) is 23.0 Å².